The molecule has 2 aliphatic rings. The molecule has 0 spiro atoms. The van der Waals surface area contributed by atoms with Crippen molar-refractivity contribution in [3.63, 3.8) is 0 Å². The van der Waals surface area contributed by atoms with E-state index in [1.54, 1.807) is 0 Å². The van der Waals surface area contributed by atoms with Crippen molar-refractivity contribution in [2.45, 2.75) is 83.7 Å². The minimum absolute atomic E-state index is 0.132. The Kier molecular flexibility index (Phi) is 5.00. The van der Waals surface area contributed by atoms with Crippen LogP contribution in [0.3, 0.4) is 0 Å². The van der Waals surface area contributed by atoms with E-state index in [1.807, 2.05) is 0 Å². The molecular formula is C21H32N2O. The highest BCUT2D eigenvalue weighted by atomic mass is 16.2. The minimum Gasteiger partial charge on any atom is -0.306 e. The van der Waals surface area contributed by atoms with E-state index in [9.17, 15) is 4.79 Å². The molecule has 3 rings (SSSR count). The largest absolute Gasteiger partial charge is 0.306 e. The van der Waals surface area contributed by atoms with Crippen LogP contribution in [-0.4, -0.2) is 24.0 Å². The van der Waals surface area contributed by atoms with Crippen molar-refractivity contribution in [2.24, 2.45) is 0 Å². The van der Waals surface area contributed by atoms with Crippen LogP contribution >= 0.6 is 0 Å². The van der Waals surface area contributed by atoms with Gasteiger partial charge in [-0.2, -0.15) is 0 Å². The molecule has 1 saturated carbocycles. The minimum atomic E-state index is -0.132. The first-order chi connectivity index (χ1) is 11.4. The molecule has 0 radical (unpaired) electrons. The number of hydrogen-bond donors (Lipinski definition) is 1. The van der Waals surface area contributed by atoms with Crippen molar-refractivity contribution in [2.75, 3.05) is 11.4 Å². The van der Waals surface area contributed by atoms with Crippen molar-refractivity contribution in [3.05, 3.63) is 29.3 Å². The van der Waals surface area contributed by atoms with Crippen LogP contribution in [-0.2, 0) is 4.79 Å². The van der Waals surface area contributed by atoms with Crippen LogP contribution in [0.25, 0.3) is 0 Å². The molecule has 1 fully saturated rings. The van der Waals surface area contributed by atoms with Crippen LogP contribution in [0.1, 0.15) is 76.3 Å². The lowest BCUT2D eigenvalue weighted by atomic mass is 9.79. The molecule has 0 saturated heterocycles. The van der Waals surface area contributed by atoms with Crippen LogP contribution < -0.4 is 10.2 Å². The highest BCUT2D eigenvalue weighted by Crippen LogP contribution is 2.43. The van der Waals surface area contributed by atoms with Crippen LogP contribution in [0.15, 0.2) is 18.2 Å². The Bertz CT molecular complexity index is 602. The fourth-order valence-electron chi connectivity index (χ4n) is 4.64. The molecule has 132 valence electrons. The van der Waals surface area contributed by atoms with Gasteiger partial charge in [-0.15, -0.1) is 0 Å². The Morgan fingerprint density at radius 2 is 1.96 bits per heavy atom. The van der Waals surface area contributed by atoms with Gasteiger partial charge in [-0.05, 0) is 57.6 Å². The second kappa shape index (κ2) is 6.87. The number of nitrogens with one attached hydrogen (secondary N) is 1. The summed E-state index contributed by atoms with van der Waals surface area (Å²) in [4.78, 5) is 15.1. The zero-order valence-corrected chi connectivity index (χ0v) is 15.7. The van der Waals surface area contributed by atoms with Gasteiger partial charge in [0.25, 0.3) is 0 Å². The van der Waals surface area contributed by atoms with Gasteiger partial charge in [-0.3, -0.25) is 4.79 Å². The molecule has 1 aliphatic carbocycles. The highest BCUT2D eigenvalue weighted by molar-refractivity contribution is 5.97. The summed E-state index contributed by atoms with van der Waals surface area (Å²) >= 11 is 0. The quantitative estimate of drug-likeness (QED) is 0.883. The maximum atomic E-state index is 13.1. The van der Waals surface area contributed by atoms with E-state index in [1.165, 1.54) is 43.2 Å². The van der Waals surface area contributed by atoms with Gasteiger partial charge < -0.3 is 10.2 Å². The smallest absolute Gasteiger partial charge is 0.241 e. The number of carbonyl (C=O) groups excluding carboxylic acids is 1. The Labute approximate surface area is 146 Å². The summed E-state index contributed by atoms with van der Waals surface area (Å²) in [5, 5.41) is 3.52. The SMILES string of the molecule is Cc1ccc2c(c1)C(C)CC(C)(C)N2C(=O)CNC1CCCCC1. The highest BCUT2D eigenvalue weighted by Gasteiger charge is 2.39. The van der Waals surface area contributed by atoms with E-state index in [0.29, 0.717) is 18.5 Å². The Hall–Kier alpha value is -1.35. The fourth-order valence-corrected chi connectivity index (χ4v) is 4.64. The maximum absolute atomic E-state index is 13.1. The number of rotatable bonds is 3. The van der Waals surface area contributed by atoms with Crippen LogP contribution in [0.5, 0.6) is 0 Å². The first kappa shape index (κ1) is 17.5. The molecule has 0 bridgehead atoms. The first-order valence-corrected chi connectivity index (χ1v) is 9.55. The van der Waals surface area contributed by atoms with Crippen molar-refractivity contribution in [1.29, 1.82) is 0 Å². The molecule has 1 heterocycles. The zero-order chi connectivity index (χ0) is 17.3. The van der Waals surface area contributed by atoms with Gasteiger partial charge in [-0.25, -0.2) is 0 Å². The van der Waals surface area contributed by atoms with E-state index in [-0.39, 0.29) is 11.4 Å². The van der Waals surface area contributed by atoms with Gasteiger partial charge in [0.05, 0.1) is 6.54 Å². The van der Waals surface area contributed by atoms with Gasteiger partial charge in [0.15, 0.2) is 0 Å². The van der Waals surface area contributed by atoms with Gasteiger partial charge in [0, 0.05) is 17.3 Å². The average molecular weight is 329 g/mol. The summed E-state index contributed by atoms with van der Waals surface area (Å²) in [6.45, 7) is 9.26. The fraction of sp³-hybridized carbons (Fsp3) is 0.667. The van der Waals surface area contributed by atoms with Crippen LogP contribution in [0, 0.1) is 6.92 Å². The summed E-state index contributed by atoms with van der Waals surface area (Å²) in [7, 11) is 0. The third-order valence-electron chi connectivity index (χ3n) is 5.76. The second-order valence-corrected chi connectivity index (χ2v) is 8.42. The summed E-state index contributed by atoms with van der Waals surface area (Å²) in [5.41, 5.74) is 3.57. The van der Waals surface area contributed by atoms with Crippen molar-refractivity contribution in [1.82, 2.24) is 5.32 Å². The first-order valence-electron chi connectivity index (χ1n) is 9.55. The average Bonchev–Trinajstić information content (AvgIpc) is 2.54. The Morgan fingerprint density at radius 3 is 2.67 bits per heavy atom. The molecular weight excluding hydrogens is 296 g/mol. The molecule has 1 atom stereocenters. The molecule has 1 aromatic carbocycles. The number of nitrogens with zero attached hydrogens (tertiary/aromatic N) is 1. The summed E-state index contributed by atoms with van der Waals surface area (Å²) in [6, 6.07) is 7.04. The Morgan fingerprint density at radius 1 is 1.25 bits per heavy atom. The topological polar surface area (TPSA) is 32.3 Å². The molecule has 3 nitrogen and oxygen atoms in total. The number of hydrogen-bond acceptors (Lipinski definition) is 2. The molecule has 1 unspecified atom stereocenters. The standard InChI is InChI=1S/C21H32N2O/c1-15-10-11-19-18(12-15)16(2)13-21(3,4)23(19)20(24)14-22-17-8-6-5-7-9-17/h10-12,16-17,22H,5-9,13-14H2,1-4H3. The van der Waals surface area contributed by atoms with Gasteiger partial charge >= 0.3 is 0 Å². The van der Waals surface area contributed by atoms with Crippen molar-refractivity contribution >= 4 is 11.6 Å². The lowest BCUT2D eigenvalue weighted by Gasteiger charge is -2.46. The lowest BCUT2D eigenvalue weighted by molar-refractivity contribution is -0.119. The number of benzene rings is 1. The number of anilines is 1. The molecule has 1 aromatic rings. The third-order valence-corrected chi connectivity index (χ3v) is 5.76. The predicted octanol–water partition coefficient (Wildman–Crippen LogP) is 4.54. The van der Waals surface area contributed by atoms with Gasteiger partial charge in [0.1, 0.15) is 0 Å². The number of fused-ring (bicyclic) bond motifs is 1. The molecule has 1 N–H and O–H groups in total. The van der Waals surface area contributed by atoms with E-state index < -0.39 is 0 Å². The van der Waals surface area contributed by atoms with Gasteiger partial charge in [0.2, 0.25) is 5.91 Å². The van der Waals surface area contributed by atoms with E-state index in [0.717, 1.165) is 12.1 Å². The summed E-state index contributed by atoms with van der Waals surface area (Å²) < 4.78 is 0. The summed E-state index contributed by atoms with van der Waals surface area (Å²) in [6.07, 6.45) is 7.36. The normalized spacial score (nSPS) is 23.8. The summed E-state index contributed by atoms with van der Waals surface area (Å²) in [5.74, 6) is 0.702. The molecule has 3 heteroatoms. The molecule has 1 amide bonds. The predicted molar refractivity (Wildman–Crippen MR) is 101 cm³/mol. The van der Waals surface area contributed by atoms with E-state index in [2.05, 4.69) is 56.1 Å². The van der Waals surface area contributed by atoms with Crippen LogP contribution in [0.4, 0.5) is 5.69 Å². The zero-order valence-electron chi connectivity index (χ0n) is 15.7. The van der Waals surface area contributed by atoms with Crippen molar-refractivity contribution in [3.8, 4) is 0 Å². The van der Waals surface area contributed by atoms with Crippen molar-refractivity contribution < 1.29 is 4.79 Å². The third kappa shape index (κ3) is 3.51. The number of amides is 1. The molecule has 0 aromatic heterocycles. The van der Waals surface area contributed by atoms with E-state index in [4.69, 9.17) is 0 Å². The molecule has 1 aliphatic heterocycles. The maximum Gasteiger partial charge on any atom is 0.241 e. The molecule has 24 heavy (non-hydrogen) atoms. The van der Waals surface area contributed by atoms with Crippen LogP contribution in [0.2, 0.25) is 0 Å². The monoisotopic (exact) mass is 328 g/mol. The lowest BCUT2D eigenvalue weighted by Crippen LogP contribution is -2.54. The second-order valence-electron chi connectivity index (χ2n) is 8.42. The Balaban J connectivity index is 1.79. The number of aryl methyl sites for hydroxylation is 1. The van der Waals surface area contributed by atoms with Gasteiger partial charge in [-0.1, -0.05) is 43.9 Å². The number of carbonyl (C=O) groups is 1. The van der Waals surface area contributed by atoms with E-state index >= 15 is 0 Å².